The average molecular weight is 249 g/mol. The van der Waals surface area contributed by atoms with Crippen LogP contribution in [0.1, 0.15) is 26.9 Å². The maximum atomic E-state index is 13.9. The van der Waals surface area contributed by atoms with Crippen molar-refractivity contribution in [3.05, 3.63) is 57.0 Å². The van der Waals surface area contributed by atoms with Crippen LogP contribution in [-0.2, 0) is 0 Å². The van der Waals surface area contributed by atoms with Gasteiger partial charge in [-0.3, -0.25) is 0 Å². The van der Waals surface area contributed by atoms with Crippen molar-refractivity contribution in [1.29, 1.82) is 0 Å². The molecule has 1 aromatic carbocycles. The zero-order chi connectivity index (χ0) is 12.4. The average Bonchev–Trinajstić information content (AvgIpc) is 2.71. The van der Waals surface area contributed by atoms with Crippen LogP contribution in [0.15, 0.2) is 30.3 Å². The van der Waals surface area contributed by atoms with Gasteiger partial charge in [-0.15, -0.1) is 11.3 Å². The number of rotatable bonds is 3. The molecule has 0 spiro atoms. The third-order valence-electron chi connectivity index (χ3n) is 2.80. The molecule has 0 radical (unpaired) electrons. The maximum absolute atomic E-state index is 13.9. The number of aryl methyl sites for hydroxylation is 2. The highest BCUT2D eigenvalue weighted by atomic mass is 32.1. The molecule has 2 aromatic rings. The fourth-order valence-corrected chi connectivity index (χ4v) is 2.95. The first-order chi connectivity index (χ1) is 8.11. The predicted molar refractivity (Wildman–Crippen MR) is 71.1 cm³/mol. The normalized spacial score (nSPS) is 12.7. The Balaban J connectivity index is 2.45. The number of benzene rings is 1. The summed E-state index contributed by atoms with van der Waals surface area (Å²) >= 11 is 1.70. The molecule has 1 unspecified atom stereocenters. The molecule has 0 aliphatic rings. The van der Waals surface area contributed by atoms with Gasteiger partial charge in [-0.05, 0) is 39.1 Å². The summed E-state index contributed by atoms with van der Waals surface area (Å²) in [6.45, 7) is 4.04. The highest BCUT2D eigenvalue weighted by Crippen LogP contribution is 2.29. The molecule has 0 saturated carbocycles. The third-order valence-corrected chi connectivity index (χ3v) is 3.86. The monoisotopic (exact) mass is 249 g/mol. The van der Waals surface area contributed by atoms with Crippen molar-refractivity contribution in [1.82, 2.24) is 5.32 Å². The van der Waals surface area contributed by atoms with Crippen LogP contribution in [0, 0.1) is 19.7 Å². The first kappa shape index (κ1) is 12.3. The summed E-state index contributed by atoms with van der Waals surface area (Å²) in [5, 5.41) is 3.19. The quantitative estimate of drug-likeness (QED) is 0.872. The van der Waals surface area contributed by atoms with Gasteiger partial charge in [-0.25, -0.2) is 4.39 Å². The molecule has 1 atom stereocenters. The first-order valence-electron chi connectivity index (χ1n) is 5.61. The van der Waals surface area contributed by atoms with E-state index in [2.05, 4.69) is 24.4 Å². The Bertz CT molecular complexity index is 519. The maximum Gasteiger partial charge on any atom is 0.128 e. The van der Waals surface area contributed by atoms with E-state index in [4.69, 9.17) is 0 Å². The molecule has 3 heteroatoms. The zero-order valence-corrected chi connectivity index (χ0v) is 11.1. The van der Waals surface area contributed by atoms with Gasteiger partial charge in [-0.2, -0.15) is 0 Å². The zero-order valence-electron chi connectivity index (χ0n) is 10.3. The van der Waals surface area contributed by atoms with Gasteiger partial charge in [0.05, 0.1) is 6.04 Å². The SMILES string of the molecule is CNC(c1ccc(C)s1)c1cc(C)ccc1F. The lowest BCUT2D eigenvalue weighted by molar-refractivity contribution is 0.578. The smallest absolute Gasteiger partial charge is 0.128 e. The highest BCUT2D eigenvalue weighted by molar-refractivity contribution is 7.12. The Hall–Kier alpha value is -1.19. The van der Waals surface area contributed by atoms with E-state index in [0.29, 0.717) is 5.56 Å². The summed E-state index contributed by atoms with van der Waals surface area (Å²) in [4.78, 5) is 2.39. The molecule has 1 aromatic heterocycles. The van der Waals surface area contributed by atoms with Gasteiger partial charge in [0.15, 0.2) is 0 Å². The van der Waals surface area contributed by atoms with E-state index >= 15 is 0 Å². The number of thiophene rings is 1. The van der Waals surface area contributed by atoms with Gasteiger partial charge in [0.2, 0.25) is 0 Å². The van der Waals surface area contributed by atoms with Crippen LogP contribution >= 0.6 is 11.3 Å². The molecule has 17 heavy (non-hydrogen) atoms. The van der Waals surface area contributed by atoms with Crippen LogP contribution in [0.2, 0.25) is 0 Å². The Morgan fingerprint density at radius 1 is 1.18 bits per heavy atom. The van der Waals surface area contributed by atoms with Crippen molar-refractivity contribution in [3.8, 4) is 0 Å². The van der Waals surface area contributed by atoms with Crippen molar-refractivity contribution >= 4 is 11.3 Å². The van der Waals surface area contributed by atoms with E-state index in [9.17, 15) is 4.39 Å². The van der Waals surface area contributed by atoms with E-state index in [-0.39, 0.29) is 11.9 Å². The summed E-state index contributed by atoms with van der Waals surface area (Å²) in [5.41, 5.74) is 1.80. The molecule has 0 aliphatic carbocycles. The van der Waals surface area contributed by atoms with Gasteiger partial charge in [0.25, 0.3) is 0 Å². The molecule has 0 bridgehead atoms. The van der Waals surface area contributed by atoms with E-state index in [1.54, 1.807) is 17.4 Å². The third kappa shape index (κ3) is 2.56. The summed E-state index contributed by atoms with van der Waals surface area (Å²) < 4.78 is 13.9. The molecule has 0 saturated heterocycles. The topological polar surface area (TPSA) is 12.0 Å². The second kappa shape index (κ2) is 4.98. The van der Waals surface area contributed by atoms with Crippen LogP contribution in [0.4, 0.5) is 4.39 Å². The molecule has 1 N–H and O–H groups in total. The van der Waals surface area contributed by atoms with E-state index in [1.807, 2.05) is 20.0 Å². The van der Waals surface area contributed by atoms with Crippen LogP contribution in [-0.4, -0.2) is 7.05 Å². The minimum Gasteiger partial charge on any atom is -0.309 e. The molecule has 1 heterocycles. The fourth-order valence-electron chi connectivity index (χ4n) is 1.94. The van der Waals surface area contributed by atoms with Gasteiger partial charge >= 0.3 is 0 Å². The van der Waals surface area contributed by atoms with E-state index < -0.39 is 0 Å². The minimum atomic E-state index is -0.152. The van der Waals surface area contributed by atoms with Crippen molar-refractivity contribution in [3.63, 3.8) is 0 Å². The Kier molecular flexibility index (Phi) is 3.60. The molecule has 90 valence electrons. The Labute approximate surface area is 105 Å². The fraction of sp³-hybridized carbons (Fsp3) is 0.286. The Morgan fingerprint density at radius 2 is 1.94 bits per heavy atom. The lowest BCUT2D eigenvalue weighted by Crippen LogP contribution is -2.18. The molecule has 0 fully saturated rings. The minimum absolute atomic E-state index is 0.0615. The number of hydrogen-bond acceptors (Lipinski definition) is 2. The van der Waals surface area contributed by atoms with Gasteiger partial charge in [0.1, 0.15) is 5.82 Å². The lowest BCUT2D eigenvalue weighted by Gasteiger charge is -2.16. The van der Waals surface area contributed by atoms with Crippen molar-refractivity contribution in [2.75, 3.05) is 7.05 Å². The number of nitrogens with one attached hydrogen (secondary N) is 1. The molecule has 1 nitrogen and oxygen atoms in total. The number of halogens is 1. The molecule has 0 amide bonds. The van der Waals surface area contributed by atoms with Crippen LogP contribution in [0.25, 0.3) is 0 Å². The first-order valence-corrected chi connectivity index (χ1v) is 6.43. The van der Waals surface area contributed by atoms with Crippen LogP contribution in [0.5, 0.6) is 0 Å². The van der Waals surface area contributed by atoms with E-state index in [1.165, 1.54) is 10.9 Å². The molecular weight excluding hydrogens is 233 g/mol. The summed E-state index contributed by atoms with van der Waals surface area (Å²) in [6, 6.07) is 9.31. The van der Waals surface area contributed by atoms with Crippen molar-refractivity contribution < 1.29 is 4.39 Å². The summed E-state index contributed by atoms with van der Waals surface area (Å²) in [5.74, 6) is -0.152. The Morgan fingerprint density at radius 3 is 2.53 bits per heavy atom. The van der Waals surface area contributed by atoms with Crippen LogP contribution < -0.4 is 5.32 Å². The van der Waals surface area contributed by atoms with Crippen LogP contribution in [0.3, 0.4) is 0 Å². The molecule has 2 rings (SSSR count). The van der Waals surface area contributed by atoms with Gasteiger partial charge in [-0.1, -0.05) is 17.7 Å². The van der Waals surface area contributed by atoms with Crippen molar-refractivity contribution in [2.45, 2.75) is 19.9 Å². The second-order valence-corrected chi connectivity index (χ2v) is 5.51. The number of hydrogen-bond donors (Lipinski definition) is 1. The predicted octanol–water partition coefficient (Wildman–Crippen LogP) is 3.81. The lowest BCUT2D eigenvalue weighted by atomic mass is 10.0. The summed E-state index contributed by atoms with van der Waals surface area (Å²) in [6.07, 6.45) is 0. The second-order valence-electron chi connectivity index (χ2n) is 4.20. The van der Waals surface area contributed by atoms with Gasteiger partial charge < -0.3 is 5.32 Å². The van der Waals surface area contributed by atoms with Crippen molar-refractivity contribution in [2.24, 2.45) is 0 Å². The van der Waals surface area contributed by atoms with Gasteiger partial charge in [0, 0.05) is 15.3 Å². The summed E-state index contributed by atoms with van der Waals surface area (Å²) in [7, 11) is 1.86. The molecule has 0 aliphatic heterocycles. The molecular formula is C14H16FNS. The van der Waals surface area contributed by atoms with E-state index in [0.717, 1.165) is 10.4 Å². The standard InChI is InChI=1S/C14H16FNS/c1-9-4-6-12(15)11(8-9)14(16-3)13-7-5-10(2)17-13/h4-8,14,16H,1-3H3. The largest absolute Gasteiger partial charge is 0.309 e. The highest BCUT2D eigenvalue weighted by Gasteiger charge is 2.17.